The Labute approximate surface area is 86.3 Å². The highest BCUT2D eigenvalue weighted by Gasteiger charge is 2.39. The monoisotopic (exact) mass is 212 g/mol. The van der Waals surface area contributed by atoms with E-state index >= 15 is 0 Å². The van der Waals surface area contributed by atoms with Crippen LogP contribution in [0, 0.1) is 0 Å². The van der Waals surface area contributed by atoms with Crippen molar-refractivity contribution in [3.8, 4) is 0 Å². The van der Waals surface area contributed by atoms with E-state index in [2.05, 4.69) is 10.6 Å². The van der Waals surface area contributed by atoms with E-state index in [0.29, 0.717) is 0 Å². The van der Waals surface area contributed by atoms with E-state index in [9.17, 15) is 9.59 Å². The van der Waals surface area contributed by atoms with E-state index in [0.717, 1.165) is 0 Å². The Morgan fingerprint density at radius 2 is 2.20 bits per heavy atom. The van der Waals surface area contributed by atoms with Gasteiger partial charge in [0, 0.05) is 7.05 Å². The number of urea groups is 1. The van der Waals surface area contributed by atoms with Crippen LogP contribution in [0.15, 0.2) is 22.8 Å². The van der Waals surface area contributed by atoms with Crippen molar-refractivity contribution >= 4 is 12.0 Å². The van der Waals surface area contributed by atoms with Crippen LogP contribution in [0.2, 0.25) is 0 Å². The van der Waals surface area contributed by atoms with Crippen LogP contribution in [0.4, 0.5) is 4.79 Å². The summed E-state index contributed by atoms with van der Waals surface area (Å²) in [6, 6.07) is 2.46. The first-order valence-corrected chi connectivity index (χ1v) is 4.28. The maximum absolute atomic E-state index is 11.1. The van der Waals surface area contributed by atoms with Crippen molar-refractivity contribution in [3.63, 3.8) is 0 Å². The van der Waals surface area contributed by atoms with Crippen LogP contribution in [0.25, 0.3) is 0 Å². The predicted molar refractivity (Wildman–Crippen MR) is 51.3 cm³/mol. The normalized spacial score (nSPS) is 14.0. The van der Waals surface area contributed by atoms with Gasteiger partial charge in [-0.25, -0.2) is 9.59 Å². The van der Waals surface area contributed by atoms with Crippen LogP contribution in [0.3, 0.4) is 0 Å². The summed E-state index contributed by atoms with van der Waals surface area (Å²) in [6.45, 7) is 1.35. The summed E-state index contributed by atoms with van der Waals surface area (Å²) in [5.41, 5.74) is -1.57. The Balaban J connectivity index is 2.99. The summed E-state index contributed by atoms with van der Waals surface area (Å²) in [5, 5.41) is 13.6. The highest BCUT2D eigenvalue weighted by molar-refractivity contribution is 5.86. The van der Waals surface area contributed by atoms with Crippen molar-refractivity contribution in [1.29, 1.82) is 0 Å². The van der Waals surface area contributed by atoms with Crippen LogP contribution in [-0.2, 0) is 10.3 Å². The van der Waals surface area contributed by atoms with Crippen molar-refractivity contribution in [2.24, 2.45) is 0 Å². The minimum atomic E-state index is -1.57. The summed E-state index contributed by atoms with van der Waals surface area (Å²) in [5.74, 6) is -1.03. The molecule has 0 aliphatic rings. The maximum atomic E-state index is 11.1. The molecule has 0 aliphatic heterocycles. The van der Waals surface area contributed by atoms with Crippen molar-refractivity contribution in [2.45, 2.75) is 12.5 Å². The van der Waals surface area contributed by atoms with E-state index in [1.54, 1.807) is 6.07 Å². The highest BCUT2D eigenvalue weighted by Crippen LogP contribution is 2.21. The second-order valence-corrected chi connectivity index (χ2v) is 3.11. The number of carboxylic acids is 1. The van der Waals surface area contributed by atoms with Crippen LogP contribution in [-0.4, -0.2) is 24.2 Å². The lowest BCUT2D eigenvalue weighted by Crippen LogP contribution is -2.52. The predicted octanol–water partition coefficient (Wildman–Crippen LogP) is 0.508. The van der Waals surface area contributed by atoms with E-state index in [4.69, 9.17) is 9.52 Å². The minimum absolute atomic E-state index is 0.165. The number of furan rings is 1. The van der Waals surface area contributed by atoms with Crippen molar-refractivity contribution in [3.05, 3.63) is 24.2 Å². The van der Waals surface area contributed by atoms with Crippen molar-refractivity contribution in [1.82, 2.24) is 10.6 Å². The molecule has 1 heterocycles. The number of amides is 2. The lowest BCUT2D eigenvalue weighted by molar-refractivity contribution is -0.144. The molecule has 1 rings (SSSR count). The number of nitrogens with one attached hydrogen (secondary N) is 2. The zero-order chi connectivity index (χ0) is 11.5. The molecule has 2 amide bonds. The van der Waals surface area contributed by atoms with Gasteiger partial charge in [0.1, 0.15) is 5.76 Å². The molecule has 0 spiro atoms. The van der Waals surface area contributed by atoms with E-state index in [1.807, 2.05) is 0 Å². The lowest BCUT2D eigenvalue weighted by atomic mass is 9.99. The molecular formula is C9H12N2O4. The fourth-order valence-corrected chi connectivity index (χ4v) is 1.07. The second kappa shape index (κ2) is 4.04. The molecule has 0 fully saturated rings. The fourth-order valence-electron chi connectivity index (χ4n) is 1.07. The van der Waals surface area contributed by atoms with Gasteiger partial charge in [-0.2, -0.15) is 0 Å². The number of aliphatic carboxylic acids is 1. The standard InChI is InChI=1S/C9H12N2O4/c1-9(7(12)13,11-8(14)10-2)6-4-3-5-15-6/h3-5H,1-2H3,(H,12,13)(H2,10,11,14). The summed E-state index contributed by atoms with van der Waals surface area (Å²) in [4.78, 5) is 22.2. The first-order chi connectivity index (χ1) is 7.00. The third kappa shape index (κ3) is 2.09. The van der Waals surface area contributed by atoms with Crippen molar-refractivity contribution in [2.75, 3.05) is 7.05 Å². The first-order valence-electron chi connectivity index (χ1n) is 4.28. The molecule has 1 unspecified atom stereocenters. The van der Waals surface area contributed by atoms with Gasteiger partial charge in [0.15, 0.2) is 5.54 Å². The van der Waals surface area contributed by atoms with Crippen LogP contribution < -0.4 is 10.6 Å². The van der Waals surface area contributed by atoms with Gasteiger partial charge in [-0.3, -0.25) is 0 Å². The van der Waals surface area contributed by atoms with E-state index in [-0.39, 0.29) is 5.76 Å². The Hall–Kier alpha value is -1.98. The van der Waals surface area contributed by atoms with Gasteiger partial charge in [-0.05, 0) is 19.1 Å². The molecule has 0 bridgehead atoms. The number of carbonyl (C=O) groups is 2. The molecular weight excluding hydrogens is 200 g/mol. The van der Waals surface area contributed by atoms with E-state index < -0.39 is 17.5 Å². The Kier molecular flexibility index (Phi) is 2.99. The molecule has 0 saturated heterocycles. The molecule has 0 aromatic carbocycles. The smallest absolute Gasteiger partial charge is 0.337 e. The van der Waals surface area contributed by atoms with Crippen LogP contribution in [0.1, 0.15) is 12.7 Å². The Morgan fingerprint density at radius 1 is 1.53 bits per heavy atom. The molecule has 0 radical (unpaired) electrons. The number of rotatable bonds is 3. The quantitative estimate of drug-likeness (QED) is 0.680. The molecule has 3 N–H and O–H groups in total. The molecule has 6 heteroatoms. The number of hydrogen-bond donors (Lipinski definition) is 3. The Bertz CT molecular complexity index is 360. The molecule has 0 aliphatic carbocycles. The topological polar surface area (TPSA) is 91.6 Å². The average molecular weight is 212 g/mol. The van der Waals surface area contributed by atoms with Gasteiger partial charge >= 0.3 is 12.0 Å². The zero-order valence-corrected chi connectivity index (χ0v) is 8.40. The molecule has 15 heavy (non-hydrogen) atoms. The molecule has 1 aromatic rings. The lowest BCUT2D eigenvalue weighted by Gasteiger charge is -2.23. The summed E-state index contributed by atoms with van der Waals surface area (Å²) in [7, 11) is 1.40. The van der Waals surface area contributed by atoms with E-state index in [1.165, 1.54) is 26.3 Å². The third-order valence-electron chi connectivity index (χ3n) is 2.03. The number of carboxylic acid groups (broad SMARTS) is 1. The minimum Gasteiger partial charge on any atom is -0.479 e. The Morgan fingerprint density at radius 3 is 2.60 bits per heavy atom. The maximum Gasteiger partial charge on any atom is 0.337 e. The third-order valence-corrected chi connectivity index (χ3v) is 2.03. The van der Waals surface area contributed by atoms with Gasteiger partial charge < -0.3 is 20.2 Å². The first kappa shape index (κ1) is 11.1. The SMILES string of the molecule is CNC(=O)NC(C)(C(=O)O)c1ccco1. The zero-order valence-electron chi connectivity index (χ0n) is 8.40. The fraction of sp³-hybridized carbons (Fsp3) is 0.333. The average Bonchev–Trinajstić information content (AvgIpc) is 2.70. The summed E-state index contributed by atoms with van der Waals surface area (Å²) < 4.78 is 4.98. The molecule has 82 valence electrons. The van der Waals surface area contributed by atoms with Gasteiger partial charge in [-0.15, -0.1) is 0 Å². The number of hydrogen-bond acceptors (Lipinski definition) is 3. The highest BCUT2D eigenvalue weighted by atomic mass is 16.4. The molecule has 1 aromatic heterocycles. The van der Waals surface area contributed by atoms with Gasteiger partial charge in [0.2, 0.25) is 0 Å². The van der Waals surface area contributed by atoms with Crippen LogP contribution in [0.5, 0.6) is 0 Å². The summed E-state index contributed by atoms with van der Waals surface area (Å²) in [6.07, 6.45) is 1.35. The summed E-state index contributed by atoms with van der Waals surface area (Å²) >= 11 is 0. The van der Waals surface area contributed by atoms with Crippen LogP contribution >= 0.6 is 0 Å². The van der Waals surface area contributed by atoms with Gasteiger partial charge in [0.05, 0.1) is 6.26 Å². The largest absolute Gasteiger partial charge is 0.479 e. The van der Waals surface area contributed by atoms with Crippen molar-refractivity contribution < 1.29 is 19.1 Å². The van der Waals surface area contributed by atoms with Gasteiger partial charge in [-0.1, -0.05) is 0 Å². The molecule has 6 nitrogen and oxygen atoms in total. The van der Waals surface area contributed by atoms with Gasteiger partial charge in [0.25, 0.3) is 0 Å². The number of carbonyl (C=O) groups excluding carboxylic acids is 1. The second-order valence-electron chi connectivity index (χ2n) is 3.11. The molecule has 0 saturated carbocycles. The molecule has 1 atom stereocenters.